The third-order valence-corrected chi connectivity index (χ3v) is 4.17. The first-order valence-electron chi connectivity index (χ1n) is 6.34. The molecule has 1 saturated heterocycles. The van der Waals surface area contributed by atoms with Crippen LogP contribution in [0.15, 0.2) is 0 Å². The molecule has 0 amide bonds. The summed E-state index contributed by atoms with van der Waals surface area (Å²) < 4.78 is 2.34. The Kier molecular flexibility index (Phi) is 3.15. The van der Waals surface area contributed by atoms with Crippen LogP contribution in [0.4, 0.5) is 0 Å². The van der Waals surface area contributed by atoms with E-state index in [1.54, 1.807) is 0 Å². The molecular weight excluding hydrogens is 184 g/mol. The molecule has 1 fully saturated rings. The Morgan fingerprint density at radius 1 is 1.27 bits per heavy atom. The minimum Gasteiger partial charge on any atom is -0.300 e. The van der Waals surface area contributed by atoms with Gasteiger partial charge in [0.05, 0.1) is 0 Å². The molecule has 2 rings (SSSR count). The number of likely N-dealkylation sites (tertiary alicyclic amines) is 1. The van der Waals surface area contributed by atoms with Crippen LogP contribution in [-0.4, -0.2) is 48.4 Å². The number of hydrogen-bond acceptors (Lipinski definition) is 1. The molecule has 86 valence electrons. The average molecular weight is 209 g/mol. The molecular formula is C13H25N2+. The predicted molar refractivity (Wildman–Crippen MR) is 64.7 cm³/mol. The summed E-state index contributed by atoms with van der Waals surface area (Å²) in [5, 5.41) is 0. The van der Waals surface area contributed by atoms with E-state index in [1.165, 1.54) is 45.3 Å². The third-order valence-electron chi connectivity index (χ3n) is 4.17. The third kappa shape index (κ3) is 2.81. The first-order chi connectivity index (χ1) is 7.07. The van der Waals surface area contributed by atoms with Gasteiger partial charge in [-0.1, -0.05) is 13.8 Å². The summed E-state index contributed by atoms with van der Waals surface area (Å²) in [4.78, 5) is 2.72. The molecule has 1 atom stereocenters. The molecule has 1 unspecified atom stereocenters. The molecule has 0 aromatic heterocycles. The maximum Gasteiger partial charge on any atom is 0.143 e. The molecule has 0 radical (unpaired) electrons. The zero-order valence-electron chi connectivity index (χ0n) is 10.5. The van der Waals surface area contributed by atoms with E-state index in [0.717, 1.165) is 6.04 Å². The van der Waals surface area contributed by atoms with Gasteiger partial charge in [-0.15, -0.1) is 0 Å². The molecule has 15 heavy (non-hydrogen) atoms. The zero-order valence-corrected chi connectivity index (χ0v) is 10.5. The van der Waals surface area contributed by atoms with Gasteiger partial charge < -0.3 is 0 Å². The predicted octanol–water partition coefficient (Wildman–Crippen LogP) is 1.98. The van der Waals surface area contributed by atoms with Crippen molar-refractivity contribution in [3.05, 3.63) is 0 Å². The van der Waals surface area contributed by atoms with Gasteiger partial charge in [-0.2, -0.15) is 0 Å². The van der Waals surface area contributed by atoms with E-state index in [1.807, 2.05) is 0 Å². The zero-order chi connectivity index (χ0) is 10.9. The highest BCUT2D eigenvalue weighted by Crippen LogP contribution is 2.31. The van der Waals surface area contributed by atoms with E-state index in [9.17, 15) is 0 Å². The molecule has 2 nitrogen and oxygen atoms in total. The number of nitrogens with zero attached hydrogens (tertiary/aromatic N) is 2. The van der Waals surface area contributed by atoms with Crippen molar-refractivity contribution in [3.63, 3.8) is 0 Å². The van der Waals surface area contributed by atoms with Gasteiger partial charge in [0.25, 0.3) is 0 Å². The van der Waals surface area contributed by atoms with Crippen LogP contribution in [0.25, 0.3) is 0 Å². The number of piperidine rings is 1. The first-order valence-corrected chi connectivity index (χ1v) is 6.34. The van der Waals surface area contributed by atoms with Crippen molar-refractivity contribution in [1.82, 2.24) is 4.90 Å². The molecule has 2 aliphatic rings. The topological polar surface area (TPSA) is 6.25 Å². The lowest BCUT2D eigenvalue weighted by atomic mass is 9.82. The van der Waals surface area contributed by atoms with Crippen molar-refractivity contribution in [2.75, 3.05) is 26.7 Å². The summed E-state index contributed by atoms with van der Waals surface area (Å²) in [6.45, 7) is 8.69. The van der Waals surface area contributed by atoms with Gasteiger partial charge in [-0.3, -0.25) is 4.90 Å². The van der Waals surface area contributed by atoms with Gasteiger partial charge in [0, 0.05) is 18.9 Å². The molecule has 2 heteroatoms. The summed E-state index contributed by atoms with van der Waals surface area (Å²) in [6, 6.07) is 0.831. The molecule has 0 saturated carbocycles. The highest BCUT2D eigenvalue weighted by molar-refractivity contribution is 5.52. The van der Waals surface area contributed by atoms with Gasteiger partial charge in [0.15, 0.2) is 0 Å². The minimum absolute atomic E-state index is 0.589. The maximum atomic E-state index is 2.72. The van der Waals surface area contributed by atoms with Crippen molar-refractivity contribution < 1.29 is 4.58 Å². The second-order valence-electron chi connectivity index (χ2n) is 6.04. The Morgan fingerprint density at radius 3 is 2.47 bits per heavy atom. The monoisotopic (exact) mass is 209 g/mol. The van der Waals surface area contributed by atoms with Gasteiger partial charge in [-0.25, -0.2) is 4.58 Å². The molecule has 0 bridgehead atoms. The van der Waals surface area contributed by atoms with Crippen LogP contribution in [0.3, 0.4) is 0 Å². The number of hydrogen-bond donors (Lipinski definition) is 0. The van der Waals surface area contributed by atoms with Crippen LogP contribution < -0.4 is 0 Å². The lowest BCUT2D eigenvalue weighted by molar-refractivity contribution is -0.499. The minimum atomic E-state index is 0.589. The Bertz CT molecular complexity index is 245. The molecule has 0 N–H and O–H groups in total. The summed E-state index contributed by atoms with van der Waals surface area (Å²) in [7, 11) is 2.19. The van der Waals surface area contributed by atoms with Crippen molar-refractivity contribution >= 4 is 6.21 Å². The Labute approximate surface area is 94.0 Å². The summed E-state index contributed by atoms with van der Waals surface area (Å²) in [6.07, 6.45) is 7.73. The largest absolute Gasteiger partial charge is 0.300 e. The second kappa shape index (κ2) is 4.25. The first kappa shape index (κ1) is 11.1. The quantitative estimate of drug-likeness (QED) is 0.599. The van der Waals surface area contributed by atoms with E-state index < -0.39 is 0 Å². The van der Waals surface area contributed by atoms with Crippen LogP contribution in [0.5, 0.6) is 0 Å². The molecule has 0 spiro atoms. The van der Waals surface area contributed by atoms with Gasteiger partial charge in [-0.05, 0) is 31.3 Å². The maximum absolute atomic E-state index is 2.72. The molecule has 2 aliphatic heterocycles. The Hall–Kier alpha value is -0.370. The molecule has 0 aliphatic carbocycles. The van der Waals surface area contributed by atoms with Crippen molar-refractivity contribution in [1.29, 1.82) is 0 Å². The fourth-order valence-electron chi connectivity index (χ4n) is 2.69. The Balaban J connectivity index is 1.86. The summed E-state index contributed by atoms with van der Waals surface area (Å²) >= 11 is 0. The smallest absolute Gasteiger partial charge is 0.143 e. The Morgan fingerprint density at radius 2 is 1.93 bits per heavy atom. The highest BCUT2D eigenvalue weighted by Gasteiger charge is 2.30. The van der Waals surface area contributed by atoms with Crippen molar-refractivity contribution in [3.8, 4) is 0 Å². The lowest BCUT2D eigenvalue weighted by Crippen LogP contribution is -2.46. The molecule has 0 aromatic carbocycles. The van der Waals surface area contributed by atoms with Gasteiger partial charge in [0.2, 0.25) is 0 Å². The lowest BCUT2D eigenvalue weighted by Gasteiger charge is -2.41. The van der Waals surface area contributed by atoms with Crippen LogP contribution in [0.1, 0.15) is 39.5 Å². The van der Waals surface area contributed by atoms with Gasteiger partial charge in [0.1, 0.15) is 19.8 Å². The fraction of sp³-hybridized carbons (Fsp3) is 0.923. The summed E-state index contributed by atoms with van der Waals surface area (Å²) in [5.74, 6) is 0. The van der Waals surface area contributed by atoms with E-state index in [4.69, 9.17) is 0 Å². The van der Waals surface area contributed by atoms with Crippen molar-refractivity contribution in [2.45, 2.75) is 45.6 Å². The SMILES string of the molecule is C[N+]1=CCC(N2CCC(C)(C)CC2)CC1. The fourth-order valence-corrected chi connectivity index (χ4v) is 2.69. The average Bonchev–Trinajstić information content (AvgIpc) is 2.20. The van der Waals surface area contributed by atoms with E-state index in [-0.39, 0.29) is 0 Å². The van der Waals surface area contributed by atoms with E-state index in [0.29, 0.717) is 5.41 Å². The van der Waals surface area contributed by atoms with Crippen LogP contribution in [0, 0.1) is 5.41 Å². The normalized spacial score (nSPS) is 32.5. The van der Waals surface area contributed by atoms with E-state index >= 15 is 0 Å². The van der Waals surface area contributed by atoms with Crippen molar-refractivity contribution in [2.24, 2.45) is 5.41 Å². The van der Waals surface area contributed by atoms with Crippen LogP contribution in [-0.2, 0) is 0 Å². The van der Waals surface area contributed by atoms with E-state index in [2.05, 4.69) is 36.6 Å². The highest BCUT2D eigenvalue weighted by atomic mass is 15.2. The summed E-state index contributed by atoms with van der Waals surface area (Å²) in [5.41, 5.74) is 0.589. The van der Waals surface area contributed by atoms with Crippen LogP contribution in [0.2, 0.25) is 0 Å². The van der Waals surface area contributed by atoms with Crippen LogP contribution >= 0.6 is 0 Å². The number of rotatable bonds is 1. The molecule has 0 aromatic rings. The standard InChI is InChI=1S/C13H25N2/c1-13(2)6-10-15(11-7-13)12-4-8-14(3)9-5-12/h8,12H,4-7,9-11H2,1-3H3/q+1. The second-order valence-corrected chi connectivity index (χ2v) is 6.04. The van der Waals surface area contributed by atoms with Gasteiger partial charge >= 0.3 is 0 Å². The molecule has 2 heterocycles.